The predicted molar refractivity (Wildman–Crippen MR) is 129 cm³/mol. The van der Waals surface area contributed by atoms with Gasteiger partial charge in [0.05, 0.1) is 18.8 Å². The standard InChI is InChI=1S/C22H32N4O2.HI/c1-4-23-21(24-16-22(3,27)20-11-8-14-28-20)25-17(2)18-9-7-10-19(15-18)26-12-5-6-13-26;/h7-11,14-15,17,27H,4-6,12-13,16H2,1-3H3,(H2,23,24,25);1H. The normalized spacial score (nSPS) is 17.4. The lowest BCUT2D eigenvalue weighted by atomic mass is 10.0. The molecule has 2 aromatic rings. The summed E-state index contributed by atoms with van der Waals surface area (Å²) in [6, 6.07) is 12.3. The second-order valence-corrected chi connectivity index (χ2v) is 7.60. The van der Waals surface area contributed by atoms with Crippen LogP contribution in [0.1, 0.15) is 51.0 Å². The number of rotatable bonds is 7. The van der Waals surface area contributed by atoms with Crippen molar-refractivity contribution in [3.8, 4) is 0 Å². The van der Waals surface area contributed by atoms with Crippen LogP contribution in [0.2, 0.25) is 0 Å². The van der Waals surface area contributed by atoms with Crippen LogP contribution in [0.3, 0.4) is 0 Å². The third-order valence-electron chi connectivity index (χ3n) is 5.14. The van der Waals surface area contributed by atoms with Gasteiger partial charge in [-0.25, -0.2) is 4.99 Å². The van der Waals surface area contributed by atoms with Crippen LogP contribution in [0.25, 0.3) is 0 Å². The van der Waals surface area contributed by atoms with Crippen molar-refractivity contribution in [3.63, 3.8) is 0 Å². The quantitative estimate of drug-likeness (QED) is 0.297. The van der Waals surface area contributed by atoms with Crippen LogP contribution in [0.4, 0.5) is 5.69 Å². The Balaban J connectivity index is 0.00000300. The summed E-state index contributed by atoms with van der Waals surface area (Å²) in [7, 11) is 0. The summed E-state index contributed by atoms with van der Waals surface area (Å²) < 4.78 is 5.34. The average molecular weight is 512 g/mol. The Morgan fingerprint density at radius 1 is 1.28 bits per heavy atom. The number of nitrogens with zero attached hydrogens (tertiary/aromatic N) is 2. The summed E-state index contributed by atoms with van der Waals surface area (Å²) in [6.45, 7) is 9.09. The number of benzene rings is 1. The van der Waals surface area contributed by atoms with Crippen molar-refractivity contribution in [3.05, 3.63) is 54.0 Å². The molecule has 3 rings (SSSR count). The van der Waals surface area contributed by atoms with Gasteiger partial charge in [-0.3, -0.25) is 0 Å². The number of hydrogen-bond donors (Lipinski definition) is 3. The molecule has 1 aliphatic rings. The Morgan fingerprint density at radius 2 is 2.03 bits per heavy atom. The summed E-state index contributed by atoms with van der Waals surface area (Å²) in [6.07, 6.45) is 4.10. The molecular weight excluding hydrogens is 479 g/mol. The molecule has 2 atom stereocenters. The zero-order chi connectivity index (χ0) is 20.0. The van der Waals surface area contributed by atoms with Gasteiger partial charge >= 0.3 is 0 Å². The van der Waals surface area contributed by atoms with Crippen LogP contribution in [-0.2, 0) is 5.60 Å². The van der Waals surface area contributed by atoms with Crippen LogP contribution >= 0.6 is 24.0 Å². The molecule has 1 fully saturated rings. The van der Waals surface area contributed by atoms with Gasteiger partial charge in [-0.05, 0) is 63.4 Å². The maximum atomic E-state index is 10.6. The van der Waals surface area contributed by atoms with Crippen molar-refractivity contribution in [2.45, 2.75) is 45.3 Å². The highest BCUT2D eigenvalue weighted by molar-refractivity contribution is 14.0. The van der Waals surface area contributed by atoms with Gasteiger partial charge < -0.3 is 25.1 Å². The molecule has 6 nitrogen and oxygen atoms in total. The molecule has 0 saturated carbocycles. The Bertz CT molecular complexity index is 771. The highest BCUT2D eigenvalue weighted by atomic mass is 127. The second kappa shape index (κ2) is 10.9. The number of nitrogens with one attached hydrogen (secondary N) is 2. The monoisotopic (exact) mass is 512 g/mol. The van der Waals surface area contributed by atoms with Gasteiger partial charge in [0.1, 0.15) is 11.4 Å². The number of aliphatic imine (C=N–C) groups is 1. The molecule has 1 aliphatic heterocycles. The SMILES string of the molecule is CCNC(=NCC(C)(O)c1ccco1)NC(C)c1cccc(N2CCCC2)c1.I. The molecule has 1 saturated heterocycles. The van der Waals surface area contributed by atoms with Crippen molar-refractivity contribution in [2.24, 2.45) is 4.99 Å². The summed E-state index contributed by atoms with van der Waals surface area (Å²) in [5.74, 6) is 1.19. The highest BCUT2D eigenvalue weighted by Crippen LogP contribution is 2.24. The number of hydrogen-bond acceptors (Lipinski definition) is 4. The molecule has 3 N–H and O–H groups in total. The van der Waals surface area contributed by atoms with E-state index in [9.17, 15) is 5.11 Å². The topological polar surface area (TPSA) is 73.0 Å². The molecule has 0 aliphatic carbocycles. The molecule has 2 heterocycles. The van der Waals surface area contributed by atoms with Crippen LogP contribution in [0, 0.1) is 0 Å². The first kappa shape index (κ1) is 23.5. The first-order valence-corrected chi connectivity index (χ1v) is 10.2. The molecule has 2 unspecified atom stereocenters. The van der Waals surface area contributed by atoms with E-state index in [2.05, 4.69) is 51.7 Å². The van der Waals surface area contributed by atoms with Crippen LogP contribution in [-0.4, -0.2) is 37.2 Å². The minimum absolute atomic E-state index is 0. The summed E-state index contributed by atoms with van der Waals surface area (Å²) in [4.78, 5) is 7.02. The van der Waals surface area contributed by atoms with Crippen LogP contribution < -0.4 is 15.5 Å². The summed E-state index contributed by atoms with van der Waals surface area (Å²) in [5, 5.41) is 17.3. The fourth-order valence-electron chi connectivity index (χ4n) is 3.47. The van der Waals surface area contributed by atoms with Crippen LogP contribution in [0.5, 0.6) is 0 Å². The molecule has 160 valence electrons. The van der Waals surface area contributed by atoms with E-state index in [0.29, 0.717) is 11.7 Å². The lowest BCUT2D eigenvalue weighted by molar-refractivity contribution is 0.0437. The van der Waals surface area contributed by atoms with Crippen LogP contribution in [0.15, 0.2) is 52.1 Å². The van der Waals surface area contributed by atoms with Gasteiger partial charge in [0, 0.05) is 25.3 Å². The van der Waals surface area contributed by atoms with E-state index in [1.807, 2.05) is 6.92 Å². The third kappa shape index (κ3) is 6.37. The fourth-order valence-corrected chi connectivity index (χ4v) is 3.47. The van der Waals surface area contributed by atoms with Crippen molar-refractivity contribution >= 4 is 35.6 Å². The van der Waals surface area contributed by atoms with E-state index in [-0.39, 0.29) is 36.6 Å². The zero-order valence-corrected chi connectivity index (χ0v) is 19.8. The van der Waals surface area contributed by atoms with E-state index in [4.69, 9.17) is 4.42 Å². The number of anilines is 1. The van der Waals surface area contributed by atoms with E-state index in [0.717, 1.165) is 19.6 Å². The first-order chi connectivity index (χ1) is 13.5. The van der Waals surface area contributed by atoms with Gasteiger partial charge in [0.15, 0.2) is 5.96 Å². The third-order valence-corrected chi connectivity index (χ3v) is 5.14. The van der Waals surface area contributed by atoms with Gasteiger partial charge in [0.25, 0.3) is 0 Å². The van der Waals surface area contributed by atoms with Gasteiger partial charge in [0.2, 0.25) is 0 Å². The lowest BCUT2D eigenvalue weighted by Crippen LogP contribution is -2.40. The molecule has 29 heavy (non-hydrogen) atoms. The number of furan rings is 1. The molecular formula is C22H33IN4O2. The average Bonchev–Trinajstić information content (AvgIpc) is 3.40. The maximum absolute atomic E-state index is 10.6. The minimum Gasteiger partial charge on any atom is -0.466 e. The molecule has 0 radical (unpaired) electrons. The van der Waals surface area contributed by atoms with Crippen molar-refractivity contribution in [1.29, 1.82) is 0 Å². The Kier molecular flexibility index (Phi) is 8.82. The number of aliphatic hydroxyl groups is 1. The molecule has 1 aromatic carbocycles. The first-order valence-electron chi connectivity index (χ1n) is 10.2. The molecule has 0 amide bonds. The van der Waals surface area contributed by atoms with Crippen molar-refractivity contribution < 1.29 is 9.52 Å². The highest BCUT2D eigenvalue weighted by Gasteiger charge is 2.26. The minimum atomic E-state index is -1.15. The fraction of sp³-hybridized carbons (Fsp3) is 0.500. The van der Waals surface area contributed by atoms with Gasteiger partial charge in [-0.2, -0.15) is 0 Å². The van der Waals surface area contributed by atoms with Gasteiger partial charge in [-0.1, -0.05) is 12.1 Å². The Morgan fingerprint density at radius 3 is 2.69 bits per heavy atom. The predicted octanol–water partition coefficient (Wildman–Crippen LogP) is 4.02. The zero-order valence-electron chi connectivity index (χ0n) is 17.5. The van der Waals surface area contributed by atoms with Crippen molar-refractivity contribution in [1.82, 2.24) is 10.6 Å². The molecule has 0 spiro atoms. The smallest absolute Gasteiger partial charge is 0.191 e. The largest absolute Gasteiger partial charge is 0.466 e. The Hall–Kier alpha value is -1.74. The second-order valence-electron chi connectivity index (χ2n) is 7.60. The van der Waals surface area contributed by atoms with E-state index in [1.54, 1.807) is 25.3 Å². The van der Waals surface area contributed by atoms with E-state index in [1.165, 1.54) is 24.1 Å². The molecule has 0 bridgehead atoms. The molecule has 7 heteroatoms. The van der Waals surface area contributed by atoms with Crippen molar-refractivity contribution in [2.75, 3.05) is 31.1 Å². The number of halogens is 1. The maximum Gasteiger partial charge on any atom is 0.191 e. The lowest BCUT2D eigenvalue weighted by Gasteiger charge is -2.23. The summed E-state index contributed by atoms with van der Waals surface area (Å²) in [5.41, 5.74) is 1.35. The Labute approximate surface area is 190 Å². The van der Waals surface area contributed by atoms with E-state index >= 15 is 0 Å². The number of guanidine groups is 1. The molecule has 1 aromatic heterocycles. The van der Waals surface area contributed by atoms with E-state index < -0.39 is 5.60 Å². The van der Waals surface area contributed by atoms with Gasteiger partial charge in [-0.15, -0.1) is 24.0 Å². The summed E-state index contributed by atoms with van der Waals surface area (Å²) >= 11 is 0.